The lowest BCUT2D eigenvalue weighted by atomic mass is 10.0. The molecule has 238 valence electrons. The quantitative estimate of drug-likeness (QED) is 0.0989. The standard InChI is InChI=1S/C41H41N3O2S/c1-31-20-22-35(28-39(31)42-41(33-16-10-6-11-17-33)34-18-12-7-13-19-34)46-36-23-24-37-38(25-21-32-14-8-5-9-15-32)43-44(40(37)29-36)30-45-26-27-47(2,3)4/h5-25,28-29H,26-27,30H2,1-4H3/b25-21+. The van der Waals surface area contributed by atoms with E-state index in [9.17, 15) is 0 Å². The molecule has 0 bridgehead atoms. The molecule has 0 aliphatic carbocycles. The third-order valence-corrected chi connectivity index (χ3v) is 9.17. The Bertz CT molecular complexity index is 1950. The summed E-state index contributed by atoms with van der Waals surface area (Å²) in [5, 5.41) is 5.98. The normalized spacial score (nSPS) is 12.0. The van der Waals surface area contributed by atoms with E-state index in [1.165, 1.54) is 0 Å². The second-order valence-electron chi connectivity index (χ2n) is 12.4. The van der Waals surface area contributed by atoms with Crippen molar-refractivity contribution in [3.63, 3.8) is 0 Å². The van der Waals surface area contributed by atoms with Crippen LogP contribution in [-0.2, 0) is 11.5 Å². The Hall–Kier alpha value is -4.91. The fourth-order valence-corrected chi connectivity index (χ4v) is 5.80. The zero-order chi connectivity index (χ0) is 32.6. The number of hydrogen-bond acceptors (Lipinski definition) is 4. The average Bonchev–Trinajstić information content (AvgIpc) is 3.43. The predicted octanol–water partition coefficient (Wildman–Crippen LogP) is 10.1. The van der Waals surface area contributed by atoms with E-state index in [2.05, 4.69) is 86.4 Å². The third-order valence-electron chi connectivity index (χ3n) is 7.78. The van der Waals surface area contributed by atoms with Crippen molar-refractivity contribution in [2.45, 2.75) is 13.7 Å². The van der Waals surface area contributed by atoms with Gasteiger partial charge in [0, 0.05) is 34.4 Å². The molecule has 0 aliphatic rings. The van der Waals surface area contributed by atoms with Gasteiger partial charge >= 0.3 is 0 Å². The van der Waals surface area contributed by atoms with Crippen LogP contribution in [0, 0.1) is 6.92 Å². The molecular weight excluding hydrogens is 599 g/mol. The summed E-state index contributed by atoms with van der Waals surface area (Å²) >= 11 is 0. The second-order valence-corrected chi connectivity index (χ2v) is 17.0. The van der Waals surface area contributed by atoms with Gasteiger partial charge in [0.15, 0.2) is 0 Å². The first kappa shape index (κ1) is 32.0. The van der Waals surface area contributed by atoms with Gasteiger partial charge in [0.05, 0.1) is 29.2 Å². The monoisotopic (exact) mass is 639 g/mol. The number of nitrogens with zero attached hydrogens (tertiary/aromatic N) is 3. The Morgan fingerprint density at radius 1 is 0.745 bits per heavy atom. The zero-order valence-electron chi connectivity index (χ0n) is 27.5. The van der Waals surface area contributed by atoms with Crippen molar-refractivity contribution >= 4 is 44.5 Å². The van der Waals surface area contributed by atoms with Crippen LogP contribution in [0.3, 0.4) is 0 Å². The molecule has 0 amide bonds. The maximum atomic E-state index is 6.47. The number of fused-ring (bicyclic) bond motifs is 1. The van der Waals surface area contributed by atoms with Crippen LogP contribution in [-0.4, -0.2) is 46.6 Å². The van der Waals surface area contributed by atoms with Crippen molar-refractivity contribution in [1.29, 1.82) is 0 Å². The van der Waals surface area contributed by atoms with Gasteiger partial charge in [-0.3, -0.25) is 0 Å². The van der Waals surface area contributed by atoms with E-state index in [4.69, 9.17) is 19.6 Å². The highest BCUT2D eigenvalue weighted by Crippen LogP contribution is 2.34. The Kier molecular flexibility index (Phi) is 10.0. The Balaban J connectivity index is 1.31. The van der Waals surface area contributed by atoms with Crippen LogP contribution in [0.15, 0.2) is 132 Å². The summed E-state index contributed by atoms with van der Waals surface area (Å²) in [6.07, 6.45) is 11.1. The minimum atomic E-state index is -0.638. The van der Waals surface area contributed by atoms with Crippen LogP contribution >= 0.6 is 10.0 Å². The fraction of sp³-hybridized carbons (Fsp3) is 0.171. The summed E-state index contributed by atoms with van der Waals surface area (Å²) in [5.41, 5.74) is 7.94. The van der Waals surface area contributed by atoms with Crippen molar-refractivity contribution in [3.8, 4) is 11.5 Å². The van der Waals surface area contributed by atoms with Gasteiger partial charge in [0.25, 0.3) is 0 Å². The fourth-order valence-electron chi connectivity index (χ4n) is 5.18. The van der Waals surface area contributed by atoms with Crippen LogP contribution < -0.4 is 4.74 Å². The van der Waals surface area contributed by atoms with E-state index < -0.39 is 10.0 Å². The van der Waals surface area contributed by atoms with E-state index >= 15 is 0 Å². The van der Waals surface area contributed by atoms with Gasteiger partial charge in [-0.25, -0.2) is 19.7 Å². The molecule has 0 atom stereocenters. The van der Waals surface area contributed by atoms with Crippen molar-refractivity contribution in [2.24, 2.45) is 4.99 Å². The number of benzene rings is 5. The van der Waals surface area contributed by atoms with Gasteiger partial charge in [0.1, 0.15) is 18.2 Å². The van der Waals surface area contributed by atoms with Crippen LogP contribution in [0.25, 0.3) is 23.1 Å². The van der Waals surface area contributed by atoms with Gasteiger partial charge in [-0.15, -0.1) is 0 Å². The van der Waals surface area contributed by atoms with E-state index in [-0.39, 0.29) is 0 Å². The predicted molar refractivity (Wildman–Crippen MR) is 201 cm³/mol. The minimum absolute atomic E-state index is 0.375. The van der Waals surface area contributed by atoms with Gasteiger partial charge in [-0.05, 0) is 61.1 Å². The number of aliphatic imine (C=N–C) groups is 1. The first-order valence-corrected chi connectivity index (χ1v) is 18.8. The molecule has 1 aromatic heterocycles. The molecule has 0 unspecified atom stereocenters. The summed E-state index contributed by atoms with van der Waals surface area (Å²) in [4.78, 5) is 5.17. The molecule has 0 saturated carbocycles. The van der Waals surface area contributed by atoms with E-state index in [1.54, 1.807) is 0 Å². The van der Waals surface area contributed by atoms with Crippen molar-refractivity contribution in [3.05, 3.63) is 155 Å². The number of rotatable bonds is 12. The van der Waals surface area contributed by atoms with E-state index in [0.717, 1.165) is 61.8 Å². The molecule has 5 nitrogen and oxygen atoms in total. The molecule has 5 aromatic carbocycles. The molecule has 0 saturated heterocycles. The lowest BCUT2D eigenvalue weighted by Crippen LogP contribution is -2.10. The number of aryl methyl sites for hydroxylation is 1. The van der Waals surface area contributed by atoms with Crippen LogP contribution in [0.5, 0.6) is 11.5 Å². The van der Waals surface area contributed by atoms with E-state index in [1.807, 2.05) is 83.5 Å². The van der Waals surface area contributed by atoms with Gasteiger partial charge in [-0.1, -0.05) is 103 Å². The molecule has 0 aliphatic heterocycles. The topological polar surface area (TPSA) is 48.6 Å². The average molecular weight is 640 g/mol. The second kappa shape index (κ2) is 14.7. The molecule has 0 radical (unpaired) electrons. The highest BCUT2D eigenvalue weighted by Gasteiger charge is 2.13. The smallest absolute Gasteiger partial charge is 0.140 e. The van der Waals surface area contributed by atoms with Crippen LogP contribution in [0.4, 0.5) is 5.69 Å². The summed E-state index contributed by atoms with van der Waals surface area (Å²) in [7, 11) is -0.638. The third kappa shape index (κ3) is 8.47. The van der Waals surface area contributed by atoms with Crippen LogP contribution in [0.1, 0.15) is 27.9 Å². The maximum Gasteiger partial charge on any atom is 0.140 e. The van der Waals surface area contributed by atoms with Crippen molar-refractivity contribution in [2.75, 3.05) is 31.1 Å². The molecule has 0 fully saturated rings. The number of aromatic nitrogens is 2. The number of hydrogen-bond donors (Lipinski definition) is 0. The van der Waals surface area contributed by atoms with Gasteiger partial charge in [0.2, 0.25) is 0 Å². The highest BCUT2D eigenvalue weighted by molar-refractivity contribution is 8.32. The number of ether oxygens (including phenoxy) is 2. The van der Waals surface area contributed by atoms with Crippen LogP contribution in [0.2, 0.25) is 0 Å². The van der Waals surface area contributed by atoms with Crippen molar-refractivity contribution in [1.82, 2.24) is 9.78 Å². The summed E-state index contributed by atoms with van der Waals surface area (Å²) < 4.78 is 14.5. The van der Waals surface area contributed by atoms with Gasteiger partial charge in [-0.2, -0.15) is 5.10 Å². The molecule has 6 rings (SSSR count). The summed E-state index contributed by atoms with van der Waals surface area (Å²) in [6, 6.07) is 43.0. The SMILES string of the molecule is Cc1ccc(Oc2ccc3c(/C=C/c4ccccc4)nn(COCCS(C)(C)C)c3c2)cc1N=C(c1ccccc1)c1ccccc1. The first-order valence-electron chi connectivity index (χ1n) is 15.8. The zero-order valence-corrected chi connectivity index (χ0v) is 28.3. The largest absolute Gasteiger partial charge is 0.457 e. The minimum Gasteiger partial charge on any atom is -0.457 e. The Morgan fingerprint density at radius 2 is 1.36 bits per heavy atom. The molecule has 6 heteroatoms. The molecule has 6 aromatic rings. The highest BCUT2D eigenvalue weighted by atomic mass is 32.3. The molecule has 1 heterocycles. The lowest BCUT2D eigenvalue weighted by molar-refractivity contribution is 0.0840. The molecular formula is C41H41N3O2S. The maximum absolute atomic E-state index is 6.47. The first-order chi connectivity index (χ1) is 22.8. The van der Waals surface area contributed by atoms with Crippen molar-refractivity contribution < 1.29 is 9.47 Å². The lowest BCUT2D eigenvalue weighted by Gasteiger charge is -2.24. The molecule has 0 spiro atoms. The Morgan fingerprint density at radius 3 is 2.02 bits per heavy atom. The summed E-state index contributed by atoms with van der Waals surface area (Å²) in [6.45, 7) is 3.15. The Labute approximate surface area is 279 Å². The molecule has 47 heavy (non-hydrogen) atoms. The molecule has 0 N–H and O–H groups in total. The van der Waals surface area contributed by atoms with Gasteiger partial charge < -0.3 is 9.47 Å². The van der Waals surface area contributed by atoms with E-state index in [0.29, 0.717) is 19.1 Å². The summed E-state index contributed by atoms with van der Waals surface area (Å²) in [5.74, 6) is 2.49.